The molecule has 1 aliphatic heterocycles. The Morgan fingerprint density at radius 3 is 2.44 bits per heavy atom. The Morgan fingerprint density at radius 1 is 1.06 bits per heavy atom. The molecule has 2 amide bonds. The number of anilines is 2. The van der Waals surface area contributed by atoms with E-state index < -0.39 is 5.91 Å². The van der Waals surface area contributed by atoms with Gasteiger partial charge in [-0.25, -0.2) is 0 Å². The number of carbonyl (C=O) groups is 2. The summed E-state index contributed by atoms with van der Waals surface area (Å²) in [6, 6.07) is 17.0. The molecule has 0 bridgehead atoms. The number of nitrogens with zero attached hydrogens (tertiary/aromatic N) is 3. The molecule has 1 fully saturated rings. The Balaban J connectivity index is 1.32. The van der Waals surface area contributed by atoms with Crippen LogP contribution in [0.2, 0.25) is 0 Å². The van der Waals surface area contributed by atoms with Gasteiger partial charge in [0.05, 0.1) is 19.8 Å². The third kappa shape index (κ3) is 5.15. The zero-order chi connectivity index (χ0) is 22.5. The van der Waals surface area contributed by atoms with Crippen LogP contribution in [-0.2, 0) is 9.53 Å². The molecule has 1 saturated heterocycles. The van der Waals surface area contributed by atoms with E-state index in [1.807, 2.05) is 55.5 Å². The molecule has 1 N–H and O–H groups in total. The number of benzene rings is 2. The third-order valence-electron chi connectivity index (χ3n) is 5.32. The number of aryl methyl sites for hydroxylation is 1. The van der Waals surface area contributed by atoms with Crippen LogP contribution in [0.25, 0.3) is 11.3 Å². The summed E-state index contributed by atoms with van der Waals surface area (Å²) in [5.41, 5.74) is 4.34. The summed E-state index contributed by atoms with van der Waals surface area (Å²) in [5, 5.41) is 6.80. The van der Waals surface area contributed by atoms with Crippen molar-refractivity contribution in [2.45, 2.75) is 6.92 Å². The van der Waals surface area contributed by atoms with Gasteiger partial charge in [-0.1, -0.05) is 35.0 Å². The predicted molar refractivity (Wildman–Crippen MR) is 122 cm³/mol. The van der Waals surface area contributed by atoms with E-state index in [9.17, 15) is 9.59 Å². The molecule has 8 nitrogen and oxygen atoms in total. The molecule has 1 aromatic heterocycles. The van der Waals surface area contributed by atoms with Crippen molar-refractivity contribution in [3.05, 3.63) is 65.9 Å². The maximum absolute atomic E-state index is 12.6. The Hall–Kier alpha value is -3.65. The SMILES string of the molecule is Cc1ccc(-c2cc(C(=O)N(C)CC(=O)Nc3ccc(N4CCOCC4)cc3)on2)cc1. The summed E-state index contributed by atoms with van der Waals surface area (Å²) < 4.78 is 10.6. The van der Waals surface area contributed by atoms with Crippen LogP contribution in [0.1, 0.15) is 16.1 Å². The van der Waals surface area contributed by atoms with Gasteiger partial charge in [-0.05, 0) is 31.2 Å². The summed E-state index contributed by atoms with van der Waals surface area (Å²) in [5.74, 6) is -0.613. The molecule has 0 radical (unpaired) electrons. The largest absolute Gasteiger partial charge is 0.378 e. The second-order valence-electron chi connectivity index (χ2n) is 7.80. The van der Waals surface area contributed by atoms with E-state index in [2.05, 4.69) is 15.4 Å². The summed E-state index contributed by atoms with van der Waals surface area (Å²) >= 11 is 0. The van der Waals surface area contributed by atoms with Gasteiger partial charge < -0.3 is 24.4 Å². The van der Waals surface area contributed by atoms with E-state index in [0.29, 0.717) is 11.4 Å². The minimum Gasteiger partial charge on any atom is -0.378 e. The molecule has 2 heterocycles. The molecule has 0 atom stereocenters. The summed E-state index contributed by atoms with van der Waals surface area (Å²) in [6.07, 6.45) is 0. The van der Waals surface area contributed by atoms with Crippen LogP contribution in [0, 0.1) is 6.92 Å². The number of hydrogen-bond acceptors (Lipinski definition) is 6. The molecule has 8 heteroatoms. The first-order valence-corrected chi connectivity index (χ1v) is 10.5. The van der Waals surface area contributed by atoms with Crippen LogP contribution >= 0.6 is 0 Å². The maximum Gasteiger partial charge on any atom is 0.292 e. The number of likely N-dealkylation sites (N-methyl/N-ethyl adjacent to an activating group) is 1. The molecule has 166 valence electrons. The lowest BCUT2D eigenvalue weighted by molar-refractivity contribution is -0.116. The van der Waals surface area contributed by atoms with Crippen LogP contribution < -0.4 is 10.2 Å². The first-order chi connectivity index (χ1) is 15.5. The number of amides is 2. The van der Waals surface area contributed by atoms with E-state index >= 15 is 0 Å². The second-order valence-corrected chi connectivity index (χ2v) is 7.80. The van der Waals surface area contributed by atoms with Crippen LogP contribution in [0.5, 0.6) is 0 Å². The van der Waals surface area contributed by atoms with Gasteiger partial charge in [-0.3, -0.25) is 9.59 Å². The first kappa shape index (κ1) is 21.6. The quantitative estimate of drug-likeness (QED) is 0.641. The lowest BCUT2D eigenvalue weighted by Crippen LogP contribution is -2.36. The third-order valence-corrected chi connectivity index (χ3v) is 5.32. The number of hydrogen-bond donors (Lipinski definition) is 1. The van der Waals surface area contributed by atoms with E-state index in [0.717, 1.165) is 43.1 Å². The highest BCUT2D eigenvalue weighted by atomic mass is 16.5. The average molecular weight is 434 g/mol. The number of carbonyl (C=O) groups excluding carboxylic acids is 2. The molecular weight excluding hydrogens is 408 g/mol. The lowest BCUT2D eigenvalue weighted by Gasteiger charge is -2.28. The fourth-order valence-corrected chi connectivity index (χ4v) is 3.49. The molecule has 2 aromatic carbocycles. The fourth-order valence-electron chi connectivity index (χ4n) is 3.49. The Kier molecular flexibility index (Phi) is 6.51. The fraction of sp³-hybridized carbons (Fsp3) is 0.292. The smallest absolute Gasteiger partial charge is 0.292 e. The number of aromatic nitrogens is 1. The van der Waals surface area contributed by atoms with Crippen molar-refractivity contribution in [1.29, 1.82) is 0 Å². The van der Waals surface area contributed by atoms with E-state index in [1.165, 1.54) is 4.90 Å². The van der Waals surface area contributed by atoms with E-state index in [-0.39, 0.29) is 18.2 Å². The van der Waals surface area contributed by atoms with Gasteiger partial charge in [-0.15, -0.1) is 0 Å². The second kappa shape index (κ2) is 9.65. The summed E-state index contributed by atoms with van der Waals surface area (Å²) in [7, 11) is 1.55. The number of ether oxygens (including phenoxy) is 1. The van der Waals surface area contributed by atoms with Crippen LogP contribution in [0.3, 0.4) is 0 Å². The maximum atomic E-state index is 12.6. The molecule has 0 unspecified atom stereocenters. The van der Waals surface area contributed by atoms with Gasteiger partial charge in [0.25, 0.3) is 5.91 Å². The highest BCUT2D eigenvalue weighted by Gasteiger charge is 2.20. The highest BCUT2D eigenvalue weighted by molar-refractivity contribution is 5.98. The molecular formula is C24H26N4O4. The average Bonchev–Trinajstić information content (AvgIpc) is 3.30. The monoisotopic (exact) mass is 434 g/mol. The highest BCUT2D eigenvalue weighted by Crippen LogP contribution is 2.21. The van der Waals surface area contributed by atoms with Gasteiger partial charge in [0, 0.05) is 43.1 Å². The number of rotatable bonds is 6. The number of nitrogens with one attached hydrogen (secondary N) is 1. The standard InChI is InChI=1S/C24H26N4O4/c1-17-3-5-18(6-4-17)21-15-22(32-26-21)24(30)27(2)16-23(29)25-19-7-9-20(10-8-19)28-11-13-31-14-12-28/h3-10,15H,11-14,16H2,1-2H3,(H,25,29). The molecule has 0 spiro atoms. The lowest BCUT2D eigenvalue weighted by atomic mass is 10.1. The molecule has 4 rings (SSSR count). The van der Waals surface area contributed by atoms with Gasteiger partial charge in [0.1, 0.15) is 5.69 Å². The Morgan fingerprint density at radius 2 is 1.75 bits per heavy atom. The molecule has 32 heavy (non-hydrogen) atoms. The van der Waals surface area contributed by atoms with Gasteiger partial charge in [0.15, 0.2) is 0 Å². The zero-order valence-corrected chi connectivity index (χ0v) is 18.2. The van der Waals surface area contributed by atoms with Crippen molar-refractivity contribution in [1.82, 2.24) is 10.1 Å². The number of morpholine rings is 1. The first-order valence-electron chi connectivity index (χ1n) is 10.5. The van der Waals surface area contributed by atoms with Crippen molar-refractivity contribution in [3.63, 3.8) is 0 Å². The van der Waals surface area contributed by atoms with Crippen molar-refractivity contribution in [2.24, 2.45) is 0 Å². The predicted octanol–water partition coefficient (Wildman–Crippen LogP) is 3.20. The van der Waals surface area contributed by atoms with Gasteiger partial charge in [-0.2, -0.15) is 0 Å². The Labute approximate surface area is 186 Å². The Bertz CT molecular complexity index is 1070. The molecule has 1 aliphatic rings. The van der Waals surface area contributed by atoms with Crippen molar-refractivity contribution in [2.75, 3.05) is 50.1 Å². The van der Waals surface area contributed by atoms with Crippen molar-refractivity contribution >= 4 is 23.2 Å². The minimum absolute atomic E-state index is 0.0886. The van der Waals surface area contributed by atoms with E-state index in [4.69, 9.17) is 9.26 Å². The van der Waals surface area contributed by atoms with Crippen molar-refractivity contribution in [3.8, 4) is 11.3 Å². The summed E-state index contributed by atoms with van der Waals surface area (Å²) in [6.45, 7) is 5.04. The van der Waals surface area contributed by atoms with E-state index in [1.54, 1.807) is 13.1 Å². The topological polar surface area (TPSA) is 87.9 Å². The summed E-state index contributed by atoms with van der Waals surface area (Å²) in [4.78, 5) is 28.6. The zero-order valence-electron chi connectivity index (χ0n) is 18.2. The minimum atomic E-state index is -0.409. The molecule has 3 aromatic rings. The molecule has 0 aliphatic carbocycles. The van der Waals surface area contributed by atoms with Crippen LogP contribution in [-0.4, -0.2) is 61.8 Å². The normalized spacial score (nSPS) is 13.6. The molecule has 0 saturated carbocycles. The van der Waals surface area contributed by atoms with Gasteiger partial charge in [0.2, 0.25) is 11.7 Å². The van der Waals surface area contributed by atoms with Crippen LogP contribution in [0.4, 0.5) is 11.4 Å². The van der Waals surface area contributed by atoms with Crippen LogP contribution in [0.15, 0.2) is 59.1 Å². The van der Waals surface area contributed by atoms with Crippen molar-refractivity contribution < 1.29 is 18.8 Å². The van der Waals surface area contributed by atoms with Gasteiger partial charge >= 0.3 is 0 Å².